The molecule has 0 aliphatic carbocycles. The third kappa shape index (κ3) is 3.53. The van der Waals surface area contributed by atoms with Crippen molar-refractivity contribution in [3.05, 3.63) is 59.3 Å². The Hall–Kier alpha value is -3.42. The molecule has 0 aliphatic heterocycles. The molecule has 0 radical (unpaired) electrons. The van der Waals surface area contributed by atoms with Gasteiger partial charge < -0.3 is 15.8 Å². The molecule has 3 aromatic rings. The molecule has 0 spiro atoms. The van der Waals surface area contributed by atoms with E-state index < -0.39 is 0 Å². The highest BCUT2D eigenvalue weighted by Gasteiger charge is 2.16. The molecule has 3 N–H and O–H groups in total. The molecule has 7 nitrogen and oxygen atoms in total. The second-order valence-corrected chi connectivity index (χ2v) is 6.30. The first-order valence-corrected chi connectivity index (χ1v) is 8.76. The third-order valence-corrected chi connectivity index (χ3v) is 4.56. The number of hydrogen-bond donors (Lipinski definition) is 2. The van der Waals surface area contributed by atoms with Crippen molar-refractivity contribution in [2.45, 2.75) is 20.4 Å². The Balaban J connectivity index is 2.01. The van der Waals surface area contributed by atoms with E-state index in [9.17, 15) is 4.39 Å². The molecule has 0 fully saturated rings. The van der Waals surface area contributed by atoms with E-state index in [0.29, 0.717) is 28.5 Å². The summed E-state index contributed by atoms with van der Waals surface area (Å²) >= 11 is 0. The van der Waals surface area contributed by atoms with Crippen molar-refractivity contribution >= 4 is 22.7 Å². The monoisotopic (exact) mass is 382 g/mol. The Morgan fingerprint density at radius 2 is 2.07 bits per heavy atom. The van der Waals surface area contributed by atoms with Gasteiger partial charge in [-0.15, -0.1) is 10.2 Å². The third-order valence-electron chi connectivity index (χ3n) is 4.56. The van der Waals surface area contributed by atoms with Crippen molar-refractivity contribution in [3.63, 3.8) is 0 Å². The van der Waals surface area contributed by atoms with Gasteiger partial charge in [-0.2, -0.15) is 0 Å². The number of nitrogens with zero attached hydrogens (tertiary/aromatic N) is 4. The molecule has 0 saturated carbocycles. The topological polar surface area (TPSA) is 89.8 Å². The van der Waals surface area contributed by atoms with Crippen molar-refractivity contribution in [3.8, 4) is 5.75 Å². The van der Waals surface area contributed by atoms with Crippen LogP contribution >= 0.6 is 0 Å². The highest BCUT2D eigenvalue weighted by atomic mass is 19.1. The molecule has 0 unspecified atom stereocenters. The van der Waals surface area contributed by atoms with Crippen LogP contribution in [0, 0.1) is 5.82 Å². The average molecular weight is 382 g/mol. The zero-order valence-corrected chi connectivity index (χ0v) is 16.3. The number of aromatic nitrogens is 3. The fourth-order valence-corrected chi connectivity index (χ4v) is 3.14. The summed E-state index contributed by atoms with van der Waals surface area (Å²) in [5, 5.41) is 11.5. The first-order valence-electron chi connectivity index (χ1n) is 8.76. The maximum Gasteiger partial charge on any atom is 0.170 e. The van der Waals surface area contributed by atoms with Crippen molar-refractivity contribution < 1.29 is 9.13 Å². The summed E-state index contributed by atoms with van der Waals surface area (Å²) in [7, 11) is 3.24. The lowest BCUT2D eigenvalue weighted by molar-refractivity contribution is 0.405. The predicted molar refractivity (Wildman–Crippen MR) is 109 cm³/mol. The van der Waals surface area contributed by atoms with Gasteiger partial charge in [-0.3, -0.25) is 9.39 Å². The number of allylic oxidation sites excluding steroid dienone is 2. The van der Waals surface area contributed by atoms with E-state index in [0.717, 1.165) is 16.8 Å². The molecule has 0 bridgehead atoms. The second-order valence-electron chi connectivity index (χ2n) is 6.30. The van der Waals surface area contributed by atoms with Gasteiger partial charge in [-0.1, -0.05) is 6.07 Å². The number of benzene rings is 1. The Morgan fingerprint density at radius 3 is 2.75 bits per heavy atom. The highest BCUT2D eigenvalue weighted by Crippen LogP contribution is 2.27. The lowest BCUT2D eigenvalue weighted by Gasteiger charge is -2.15. The molecule has 2 heterocycles. The van der Waals surface area contributed by atoms with Gasteiger partial charge in [0.2, 0.25) is 0 Å². The minimum absolute atomic E-state index is 0.247. The van der Waals surface area contributed by atoms with E-state index in [2.05, 4.69) is 20.5 Å². The lowest BCUT2D eigenvalue weighted by Crippen LogP contribution is -2.10. The van der Waals surface area contributed by atoms with Crippen LogP contribution in [0.1, 0.15) is 25.0 Å². The van der Waals surface area contributed by atoms with Gasteiger partial charge in [-0.05, 0) is 38.1 Å². The Morgan fingerprint density at radius 1 is 1.29 bits per heavy atom. The smallest absolute Gasteiger partial charge is 0.170 e. The van der Waals surface area contributed by atoms with Gasteiger partial charge in [0.15, 0.2) is 5.65 Å². The van der Waals surface area contributed by atoms with Crippen LogP contribution in [0.2, 0.25) is 0 Å². The Labute approximate surface area is 162 Å². The molecule has 1 aromatic carbocycles. The van der Waals surface area contributed by atoms with E-state index >= 15 is 0 Å². The van der Waals surface area contributed by atoms with Gasteiger partial charge in [-0.25, -0.2) is 4.39 Å². The summed E-state index contributed by atoms with van der Waals surface area (Å²) < 4.78 is 21.3. The van der Waals surface area contributed by atoms with Gasteiger partial charge in [0.25, 0.3) is 0 Å². The minimum Gasteiger partial charge on any atom is -0.496 e. The Kier molecular flexibility index (Phi) is 5.58. The maximum atomic E-state index is 14.2. The molecule has 0 amide bonds. The number of halogens is 1. The molecule has 0 aliphatic rings. The number of anilines is 1. The molecule has 8 heteroatoms. The largest absolute Gasteiger partial charge is 0.496 e. The van der Waals surface area contributed by atoms with Crippen molar-refractivity contribution in [2.75, 3.05) is 19.5 Å². The summed E-state index contributed by atoms with van der Waals surface area (Å²) in [6, 6.07) is 8.54. The Bertz CT molecular complexity index is 1070. The quantitative estimate of drug-likeness (QED) is 0.639. The summed E-state index contributed by atoms with van der Waals surface area (Å²) in [6.07, 6.45) is 1.60. The van der Waals surface area contributed by atoms with Gasteiger partial charge in [0.05, 0.1) is 7.11 Å². The molecular formula is C20H23FN6O. The number of rotatable bonds is 6. The number of nitrogens with one attached hydrogen (secondary N) is 1. The van der Waals surface area contributed by atoms with Gasteiger partial charge >= 0.3 is 0 Å². The van der Waals surface area contributed by atoms with Crippen LogP contribution in [0.5, 0.6) is 5.75 Å². The first-order chi connectivity index (χ1) is 13.5. The molecule has 28 heavy (non-hydrogen) atoms. The summed E-state index contributed by atoms with van der Waals surface area (Å²) in [5.74, 6) is 0.874. The van der Waals surface area contributed by atoms with E-state index in [1.54, 1.807) is 29.9 Å². The van der Waals surface area contributed by atoms with Crippen LogP contribution in [0.3, 0.4) is 0 Å². The van der Waals surface area contributed by atoms with E-state index in [4.69, 9.17) is 10.5 Å². The number of nitrogens with two attached hydrogens (primary N) is 1. The van der Waals surface area contributed by atoms with Crippen LogP contribution in [-0.4, -0.2) is 34.5 Å². The molecule has 3 rings (SSSR count). The molecule has 146 valence electrons. The lowest BCUT2D eigenvalue weighted by atomic mass is 10.0. The molecule has 0 saturated heterocycles. The fourth-order valence-electron chi connectivity index (χ4n) is 3.14. The predicted octanol–water partition coefficient (Wildman–Crippen LogP) is 3.27. The van der Waals surface area contributed by atoms with Crippen LogP contribution in [-0.2, 0) is 6.54 Å². The number of aliphatic imine (C=N–C) groups is 1. The van der Waals surface area contributed by atoms with Crippen LogP contribution < -0.4 is 15.8 Å². The summed E-state index contributed by atoms with van der Waals surface area (Å²) in [6.45, 7) is 3.97. The van der Waals surface area contributed by atoms with Crippen molar-refractivity contribution in [1.29, 1.82) is 0 Å². The number of pyridine rings is 1. The molecule has 2 aromatic heterocycles. The number of fused-ring (bicyclic) bond motifs is 1. The zero-order chi connectivity index (χ0) is 20.3. The van der Waals surface area contributed by atoms with E-state index in [1.807, 2.05) is 26.0 Å². The minimum atomic E-state index is -0.331. The summed E-state index contributed by atoms with van der Waals surface area (Å²) in [4.78, 5) is 4.25. The molecule has 0 atom stereocenters. The summed E-state index contributed by atoms with van der Waals surface area (Å²) in [5.41, 5.74) is 10.3. The maximum absolute atomic E-state index is 14.2. The van der Waals surface area contributed by atoms with Gasteiger partial charge in [0.1, 0.15) is 23.7 Å². The number of hydrogen-bond acceptors (Lipinski definition) is 6. The first kappa shape index (κ1) is 19.3. The normalized spacial score (nSPS) is 12.8. The van der Waals surface area contributed by atoms with Crippen LogP contribution in [0.15, 0.2) is 47.3 Å². The highest BCUT2D eigenvalue weighted by molar-refractivity contribution is 6.24. The average Bonchev–Trinajstić information content (AvgIpc) is 3.17. The van der Waals surface area contributed by atoms with Crippen LogP contribution in [0.4, 0.5) is 10.2 Å². The SMILES string of the molecule is CN=C(C)C(=C(C)N)c1ccc(NCc2c(F)cccc2OC)n2cnnc12. The molecular weight excluding hydrogens is 359 g/mol. The second kappa shape index (κ2) is 8.08. The van der Waals surface area contributed by atoms with Crippen molar-refractivity contribution in [1.82, 2.24) is 14.6 Å². The van der Waals surface area contributed by atoms with E-state index in [1.165, 1.54) is 13.2 Å². The van der Waals surface area contributed by atoms with E-state index in [-0.39, 0.29) is 12.4 Å². The zero-order valence-electron chi connectivity index (χ0n) is 16.3. The fraction of sp³-hybridized carbons (Fsp3) is 0.250. The standard InChI is InChI=1S/C20H23FN6O/c1-12(22)19(13(2)23-3)14-8-9-18(27-11-25-26-20(14)27)24-10-15-16(21)6-5-7-17(15)28-4/h5-9,11,24H,10,22H2,1-4H3. The van der Waals surface area contributed by atoms with Gasteiger partial charge in [0, 0.05) is 41.7 Å². The van der Waals surface area contributed by atoms with Crippen LogP contribution in [0.25, 0.3) is 11.2 Å². The number of methoxy groups -OCH3 is 1. The van der Waals surface area contributed by atoms with Crippen molar-refractivity contribution in [2.24, 2.45) is 10.7 Å². The number of ether oxygens (including phenoxy) is 1.